The highest BCUT2D eigenvalue weighted by molar-refractivity contribution is 6.31. The Kier molecular flexibility index (Phi) is 5.01. The van der Waals surface area contributed by atoms with Crippen LogP contribution in [0.1, 0.15) is 41.5 Å². The van der Waals surface area contributed by atoms with E-state index in [0.717, 1.165) is 0 Å². The van der Waals surface area contributed by atoms with E-state index in [1.165, 1.54) is 12.3 Å². The van der Waals surface area contributed by atoms with Gasteiger partial charge in [0, 0.05) is 16.8 Å². The van der Waals surface area contributed by atoms with Crippen LogP contribution in [0, 0.1) is 0 Å². The molecule has 1 N–H and O–H groups in total. The maximum atomic E-state index is 12.3. The first-order valence-corrected chi connectivity index (χ1v) is 7.39. The van der Waals surface area contributed by atoms with E-state index in [4.69, 9.17) is 16.3 Å². The van der Waals surface area contributed by atoms with Gasteiger partial charge in [0.05, 0.1) is 0 Å². The predicted molar refractivity (Wildman–Crippen MR) is 88.8 cm³/mol. The Balaban J connectivity index is 2.24. The number of rotatable bonds is 3. The van der Waals surface area contributed by atoms with Gasteiger partial charge in [-0.3, -0.25) is 4.79 Å². The monoisotopic (exact) mass is 332 g/mol. The molecule has 0 aliphatic heterocycles. The number of pyridine rings is 1. The molecule has 0 saturated carbocycles. The molecule has 0 aliphatic rings. The van der Waals surface area contributed by atoms with Crippen LogP contribution in [0.3, 0.4) is 0 Å². The van der Waals surface area contributed by atoms with Crippen molar-refractivity contribution in [3.8, 4) is 0 Å². The van der Waals surface area contributed by atoms with Crippen LogP contribution in [0.25, 0.3) is 0 Å². The van der Waals surface area contributed by atoms with Crippen molar-refractivity contribution in [3.63, 3.8) is 0 Å². The standard InChI is InChI=1S/C17H17ClN2O3/c1-17(2,3)23-16(22)13-8-5-9-19-14(13)20-15(21)11-6-4-7-12(18)10-11/h4-10H,1-3H3,(H,19,20,21). The van der Waals surface area contributed by atoms with E-state index in [1.807, 2.05) is 0 Å². The first-order valence-electron chi connectivity index (χ1n) is 7.01. The van der Waals surface area contributed by atoms with E-state index in [9.17, 15) is 9.59 Å². The minimum absolute atomic E-state index is 0.145. The molecule has 1 amide bonds. The summed E-state index contributed by atoms with van der Waals surface area (Å²) < 4.78 is 5.32. The lowest BCUT2D eigenvalue weighted by Gasteiger charge is -2.20. The molecule has 2 rings (SSSR count). The molecule has 1 aromatic carbocycles. The molecule has 23 heavy (non-hydrogen) atoms. The molecule has 5 nitrogen and oxygen atoms in total. The lowest BCUT2D eigenvalue weighted by atomic mass is 10.1. The molecular formula is C17H17ClN2O3. The quantitative estimate of drug-likeness (QED) is 0.864. The van der Waals surface area contributed by atoms with Crippen molar-refractivity contribution in [2.24, 2.45) is 0 Å². The molecule has 1 heterocycles. The Hall–Kier alpha value is -2.40. The smallest absolute Gasteiger partial charge is 0.342 e. The topological polar surface area (TPSA) is 68.3 Å². The minimum atomic E-state index is -0.638. The summed E-state index contributed by atoms with van der Waals surface area (Å²) in [5, 5.41) is 3.06. The highest BCUT2D eigenvalue weighted by Crippen LogP contribution is 2.19. The second-order valence-electron chi connectivity index (χ2n) is 5.87. The van der Waals surface area contributed by atoms with Gasteiger partial charge in [0.15, 0.2) is 0 Å². The number of hydrogen-bond donors (Lipinski definition) is 1. The predicted octanol–water partition coefficient (Wildman–Crippen LogP) is 3.94. The van der Waals surface area contributed by atoms with Crippen LogP contribution in [-0.2, 0) is 4.74 Å². The number of amides is 1. The summed E-state index contributed by atoms with van der Waals surface area (Å²) in [6.45, 7) is 5.31. The van der Waals surface area contributed by atoms with Gasteiger partial charge in [-0.25, -0.2) is 9.78 Å². The lowest BCUT2D eigenvalue weighted by molar-refractivity contribution is 0.00704. The number of halogens is 1. The Morgan fingerprint density at radius 1 is 1.17 bits per heavy atom. The average Bonchev–Trinajstić information content (AvgIpc) is 2.46. The second kappa shape index (κ2) is 6.79. The summed E-state index contributed by atoms with van der Waals surface area (Å²) in [7, 11) is 0. The zero-order valence-electron chi connectivity index (χ0n) is 13.1. The first-order chi connectivity index (χ1) is 10.8. The van der Waals surface area contributed by atoms with Crippen LogP contribution in [0.4, 0.5) is 5.82 Å². The fourth-order valence-corrected chi connectivity index (χ4v) is 2.00. The van der Waals surface area contributed by atoms with E-state index in [2.05, 4.69) is 10.3 Å². The Labute approximate surface area is 139 Å². The summed E-state index contributed by atoms with van der Waals surface area (Å²) in [5.41, 5.74) is -0.0719. The number of anilines is 1. The molecule has 0 radical (unpaired) electrons. The summed E-state index contributed by atoms with van der Waals surface area (Å²) in [4.78, 5) is 28.5. The molecule has 0 aliphatic carbocycles. The fraction of sp³-hybridized carbons (Fsp3) is 0.235. The van der Waals surface area contributed by atoms with Gasteiger partial charge >= 0.3 is 5.97 Å². The highest BCUT2D eigenvalue weighted by atomic mass is 35.5. The highest BCUT2D eigenvalue weighted by Gasteiger charge is 2.22. The normalized spacial score (nSPS) is 11.0. The van der Waals surface area contributed by atoms with Gasteiger partial charge in [-0.05, 0) is 51.1 Å². The molecule has 0 atom stereocenters. The zero-order valence-corrected chi connectivity index (χ0v) is 13.8. The van der Waals surface area contributed by atoms with Crippen LogP contribution in [-0.4, -0.2) is 22.5 Å². The fourth-order valence-electron chi connectivity index (χ4n) is 1.81. The number of hydrogen-bond acceptors (Lipinski definition) is 4. The van der Waals surface area contributed by atoms with E-state index >= 15 is 0 Å². The van der Waals surface area contributed by atoms with Crippen molar-refractivity contribution >= 4 is 29.3 Å². The second-order valence-corrected chi connectivity index (χ2v) is 6.30. The van der Waals surface area contributed by atoms with Crippen molar-refractivity contribution in [2.75, 3.05) is 5.32 Å². The number of carbonyl (C=O) groups is 2. The third kappa shape index (κ3) is 4.79. The molecule has 0 bridgehead atoms. The van der Waals surface area contributed by atoms with Crippen molar-refractivity contribution in [3.05, 3.63) is 58.7 Å². The van der Waals surface area contributed by atoms with Crippen LogP contribution < -0.4 is 5.32 Å². The van der Waals surface area contributed by atoms with E-state index in [-0.39, 0.29) is 11.4 Å². The number of benzene rings is 1. The molecule has 0 unspecified atom stereocenters. The van der Waals surface area contributed by atoms with Crippen LogP contribution >= 0.6 is 11.6 Å². The minimum Gasteiger partial charge on any atom is -0.456 e. The Morgan fingerprint density at radius 3 is 2.57 bits per heavy atom. The molecule has 6 heteroatoms. The van der Waals surface area contributed by atoms with Crippen molar-refractivity contribution in [1.29, 1.82) is 0 Å². The Bertz CT molecular complexity index is 739. The molecule has 0 spiro atoms. The van der Waals surface area contributed by atoms with E-state index in [1.54, 1.807) is 51.1 Å². The van der Waals surface area contributed by atoms with Gasteiger partial charge in [-0.2, -0.15) is 0 Å². The van der Waals surface area contributed by atoms with E-state index < -0.39 is 17.5 Å². The molecule has 2 aromatic rings. The average molecular weight is 333 g/mol. The molecule has 0 fully saturated rings. The van der Waals surface area contributed by atoms with Crippen molar-refractivity contribution in [2.45, 2.75) is 26.4 Å². The van der Waals surface area contributed by atoms with Gasteiger partial charge in [-0.1, -0.05) is 17.7 Å². The van der Waals surface area contributed by atoms with Gasteiger partial charge in [-0.15, -0.1) is 0 Å². The molecule has 120 valence electrons. The summed E-state index contributed by atoms with van der Waals surface area (Å²) in [6, 6.07) is 9.66. The van der Waals surface area contributed by atoms with Crippen LogP contribution in [0.5, 0.6) is 0 Å². The number of aromatic nitrogens is 1. The van der Waals surface area contributed by atoms with E-state index in [0.29, 0.717) is 10.6 Å². The number of nitrogens with one attached hydrogen (secondary N) is 1. The number of carbonyl (C=O) groups excluding carboxylic acids is 2. The molecule has 1 aromatic heterocycles. The summed E-state index contributed by atoms with van der Waals surface area (Å²) in [6.07, 6.45) is 1.49. The number of esters is 1. The van der Waals surface area contributed by atoms with Crippen molar-refractivity contribution in [1.82, 2.24) is 4.98 Å². The molecular weight excluding hydrogens is 316 g/mol. The first kappa shape index (κ1) is 17.0. The van der Waals surface area contributed by atoms with Gasteiger partial charge in [0.25, 0.3) is 5.91 Å². The van der Waals surface area contributed by atoms with Crippen LogP contribution in [0.2, 0.25) is 5.02 Å². The van der Waals surface area contributed by atoms with Crippen LogP contribution in [0.15, 0.2) is 42.6 Å². The van der Waals surface area contributed by atoms with Gasteiger partial charge in [0.2, 0.25) is 0 Å². The Morgan fingerprint density at radius 2 is 1.91 bits per heavy atom. The lowest BCUT2D eigenvalue weighted by Crippen LogP contribution is -2.25. The SMILES string of the molecule is CC(C)(C)OC(=O)c1cccnc1NC(=O)c1cccc(Cl)c1. The van der Waals surface area contributed by atoms with Gasteiger partial charge < -0.3 is 10.1 Å². The van der Waals surface area contributed by atoms with Crippen molar-refractivity contribution < 1.29 is 14.3 Å². The zero-order chi connectivity index (χ0) is 17.0. The van der Waals surface area contributed by atoms with Gasteiger partial charge in [0.1, 0.15) is 17.0 Å². The maximum Gasteiger partial charge on any atom is 0.342 e. The number of nitrogens with zero attached hydrogens (tertiary/aromatic N) is 1. The maximum absolute atomic E-state index is 12.3. The molecule has 0 saturated heterocycles. The summed E-state index contributed by atoms with van der Waals surface area (Å²) in [5.74, 6) is -0.810. The third-order valence-electron chi connectivity index (χ3n) is 2.75. The largest absolute Gasteiger partial charge is 0.456 e. The summed E-state index contributed by atoms with van der Waals surface area (Å²) >= 11 is 5.88. The number of ether oxygens (including phenoxy) is 1. The third-order valence-corrected chi connectivity index (χ3v) is 2.98.